The number of hydrogen-bond donors (Lipinski definition) is 1. The highest BCUT2D eigenvalue weighted by Crippen LogP contribution is 2.15. The van der Waals surface area contributed by atoms with E-state index in [1.807, 2.05) is 6.07 Å². The molecule has 2 aromatic carbocycles. The molecule has 134 valence electrons. The van der Waals surface area contributed by atoms with Crippen molar-refractivity contribution in [1.82, 2.24) is 0 Å². The van der Waals surface area contributed by atoms with Crippen LogP contribution in [0.4, 0.5) is 5.69 Å². The molecule has 1 amide bonds. The standard InChI is InChI=1S/C19H18N2O5/c1-13(26-17-7-3-14(11-20)4-8-17)19(23)25-12-18(22)21-15-5-9-16(24-2)10-6-15/h3-10,13H,12H2,1-2H3,(H,21,22)/t13-/m1/s1. The summed E-state index contributed by atoms with van der Waals surface area (Å²) in [5, 5.41) is 11.4. The number of nitrogens with zero attached hydrogens (tertiary/aromatic N) is 1. The second kappa shape index (κ2) is 9.08. The summed E-state index contributed by atoms with van der Waals surface area (Å²) in [6.45, 7) is 1.09. The lowest BCUT2D eigenvalue weighted by molar-refractivity contribution is -0.153. The van der Waals surface area contributed by atoms with Crippen molar-refractivity contribution in [2.75, 3.05) is 19.0 Å². The van der Waals surface area contributed by atoms with E-state index in [9.17, 15) is 9.59 Å². The molecule has 0 saturated heterocycles. The largest absolute Gasteiger partial charge is 0.497 e. The van der Waals surface area contributed by atoms with Crippen molar-refractivity contribution >= 4 is 17.6 Å². The Bertz CT molecular complexity index is 794. The Balaban J connectivity index is 1.78. The zero-order valence-corrected chi connectivity index (χ0v) is 14.4. The Morgan fingerprint density at radius 3 is 2.27 bits per heavy atom. The first-order chi connectivity index (χ1) is 12.5. The van der Waals surface area contributed by atoms with E-state index in [2.05, 4.69) is 5.32 Å². The van der Waals surface area contributed by atoms with Gasteiger partial charge in [-0.1, -0.05) is 0 Å². The highest BCUT2D eigenvalue weighted by atomic mass is 16.6. The van der Waals surface area contributed by atoms with Crippen molar-refractivity contribution < 1.29 is 23.8 Å². The maximum atomic E-state index is 11.9. The number of nitrogens with one attached hydrogen (secondary N) is 1. The van der Waals surface area contributed by atoms with Gasteiger partial charge < -0.3 is 19.5 Å². The maximum absolute atomic E-state index is 11.9. The zero-order valence-electron chi connectivity index (χ0n) is 14.4. The molecule has 0 fully saturated rings. The third-order valence-electron chi connectivity index (χ3n) is 3.35. The van der Waals surface area contributed by atoms with Gasteiger partial charge in [-0.05, 0) is 55.5 Å². The quantitative estimate of drug-likeness (QED) is 0.767. The van der Waals surface area contributed by atoms with Gasteiger partial charge in [0.15, 0.2) is 12.7 Å². The molecule has 7 heteroatoms. The number of nitriles is 1. The monoisotopic (exact) mass is 354 g/mol. The van der Waals surface area contributed by atoms with Crippen molar-refractivity contribution in [1.29, 1.82) is 5.26 Å². The van der Waals surface area contributed by atoms with Crippen molar-refractivity contribution in [3.63, 3.8) is 0 Å². The van der Waals surface area contributed by atoms with Gasteiger partial charge in [-0.15, -0.1) is 0 Å². The molecule has 1 N–H and O–H groups in total. The van der Waals surface area contributed by atoms with E-state index in [0.29, 0.717) is 22.7 Å². The van der Waals surface area contributed by atoms with Crippen LogP contribution in [-0.4, -0.2) is 31.7 Å². The van der Waals surface area contributed by atoms with Crippen LogP contribution < -0.4 is 14.8 Å². The predicted octanol–water partition coefficient (Wildman–Crippen LogP) is 2.52. The fourth-order valence-corrected chi connectivity index (χ4v) is 1.99. The van der Waals surface area contributed by atoms with E-state index >= 15 is 0 Å². The van der Waals surface area contributed by atoms with E-state index in [4.69, 9.17) is 19.5 Å². The summed E-state index contributed by atoms with van der Waals surface area (Å²) in [5.41, 5.74) is 1.05. The smallest absolute Gasteiger partial charge is 0.347 e. The molecular formula is C19H18N2O5. The van der Waals surface area contributed by atoms with Crippen molar-refractivity contribution in [3.05, 3.63) is 54.1 Å². The Kier molecular flexibility index (Phi) is 6.57. The molecule has 7 nitrogen and oxygen atoms in total. The number of anilines is 1. The summed E-state index contributed by atoms with van der Waals surface area (Å²) < 4.78 is 15.4. The van der Waals surface area contributed by atoms with Gasteiger partial charge in [-0.25, -0.2) is 4.79 Å². The molecule has 0 spiro atoms. The lowest BCUT2D eigenvalue weighted by Crippen LogP contribution is -2.29. The molecule has 26 heavy (non-hydrogen) atoms. The van der Waals surface area contributed by atoms with Gasteiger partial charge in [-0.2, -0.15) is 5.26 Å². The summed E-state index contributed by atoms with van der Waals surface area (Å²) in [6.07, 6.45) is -0.892. The van der Waals surface area contributed by atoms with Crippen LogP contribution in [-0.2, 0) is 14.3 Å². The average molecular weight is 354 g/mol. The van der Waals surface area contributed by atoms with Crippen LogP contribution in [0, 0.1) is 11.3 Å². The molecule has 0 heterocycles. The number of amides is 1. The average Bonchev–Trinajstić information content (AvgIpc) is 2.67. The number of methoxy groups -OCH3 is 1. The van der Waals surface area contributed by atoms with Gasteiger partial charge >= 0.3 is 5.97 Å². The number of carbonyl (C=O) groups is 2. The molecule has 0 aliphatic carbocycles. The molecule has 0 bridgehead atoms. The third kappa shape index (κ3) is 5.53. The van der Waals surface area contributed by atoms with E-state index in [-0.39, 0.29) is 0 Å². The van der Waals surface area contributed by atoms with Crippen LogP contribution in [0.2, 0.25) is 0 Å². The summed E-state index contributed by atoms with van der Waals surface area (Å²) >= 11 is 0. The number of rotatable bonds is 7. The first-order valence-electron chi connectivity index (χ1n) is 7.79. The molecule has 2 aromatic rings. The minimum atomic E-state index is -0.892. The SMILES string of the molecule is COc1ccc(NC(=O)COC(=O)[C@@H](C)Oc2ccc(C#N)cc2)cc1. The van der Waals surface area contributed by atoms with Crippen LogP contribution in [0.15, 0.2) is 48.5 Å². The Labute approximate surface area is 151 Å². The van der Waals surface area contributed by atoms with Crippen LogP contribution >= 0.6 is 0 Å². The number of benzene rings is 2. The third-order valence-corrected chi connectivity index (χ3v) is 3.35. The fraction of sp³-hybridized carbons (Fsp3) is 0.211. The van der Waals surface area contributed by atoms with E-state index in [1.54, 1.807) is 55.6 Å². The summed E-state index contributed by atoms with van der Waals surface area (Å²) in [5.74, 6) is -0.0346. The van der Waals surface area contributed by atoms with Crippen molar-refractivity contribution in [3.8, 4) is 17.6 Å². The van der Waals surface area contributed by atoms with Gasteiger partial charge in [0.2, 0.25) is 0 Å². The summed E-state index contributed by atoms with van der Waals surface area (Å²) in [4.78, 5) is 23.7. The van der Waals surface area contributed by atoms with Gasteiger partial charge in [-0.3, -0.25) is 4.79 Å². The van der Waals surface area contributed by atoms with Gasteiger partial charge in [0.05, 0.1) is 18.7 Å². The molecule has 0 aliphatic rings. The van der Waals surface area contributed by atoms with Crippen molar-refractivity contribution in [2.45, 2.75) is 13.0 Å². The second-order valence-electron chi connectivity index (χ2n) is 5.28. The minimum Gasteiger partial charge on any atom is -0.497 e. The second-order valence-corrected chi connectivity index (χ2v) is 5.28. The number of ether oxygens (including phenoxy) is 3. The Morgan fingerprint density at radius 2 is 1.69 bits per heavy atom. The number of hydrogen-bond acceptors (Lipinski definition) is 6. The Hall–Kier alpha value is -3.53. The topological polar surface area (TPSA) is 97.7 Å². The zero-order chi connectivity index (χ0) is 18.9. The lowest BCUT2D eigenvalue weighted by atomic mass is 10.2. The number of esters is 1. The predicted molar refractivity (Wildman–Crippen MR) is 93.8 cm³/mol. The first kappa shape index (κ1) is 18.8. The summed E-state index contributed by atoms with van der Waals surface area (Å²) in [6, 6.07) is 15.1. The molecule has 1 atom stereocenters. The van der Waals surface area contributed by atoms with E-state index < -0.39 is 24.6 Å². The van der Waals surface area contributed by atoms with Gasteiger partial charge in [0, 0.05) is 5.69 Å². The highest BCUT2D eigenvalue weighted by Gasteiger charge is 2.18. The molecule has 0 unspecified atom stereocenters. The Morgan fingerprint density at radius 1 is 1.08 bits per heavy atom. The molecule has 0 aliphatic heterocycles. The summed E-state index contributed by atoms with van der Waals surface area (Å²) in [7, 11) is 1.55. The molecule has 0 saturated carbocycles. The molecular weight excluding hydrogens is 336 g/mol. The highest BCUT2D eigenvalue weighted by molar-refractivity contribution is 5.93. The van der Waals surface area contributed by atoms with Crippen LogP contribution in [0.3, 0.4) is 0 Å². The van der Waals surface area contributed by atoms with Crippen LogP contribution in [0.25, 0.3) is 0 Å². The van der Waals surface area contributed by atoms with E-state index in [1.165, 1.54) is 6.92 Å². The van der Waals surface area contributed by atoms with Crippen LogP contribution in [0.1, 0.15) is 12.5 Å². The normalized spacial score (nSPS) is 11.0. The van der Waals surface area contributed by atoms with E-state index in [0.717, 1.165) is 0 Å². The van der Waals surface area contributed by atoms with Gasteiger partial charge in [0.1, 0.15) is 11.5 Å². The molecule has 2 rings (SSSR count). The molecule has 0 radical (unpaired) electrons. The van der Waals surface area contributed by atoms with Crippen LogP contribution in [0.5, 0.6) is 11.5 Å². The number of carbonyl (C=O) groups excluding carboxylic acids is 2. The maximum Gasteiger partial charge on any atom is 0.347 e. The molecule has 0 aromatic heterocycles. The lowest BCUT2D eigenvalue weighted by Gasteiger charge is -2.14. The van der Waals surface area contributed by atoms with Gasteiger partial charge in [0.25, 0.3) is 5.91 Å². The van der Waals surface area contributed by atoms with Crippen molar-refractivity contribution in [2.24, 2.45) is 0 Å². The fourth-order valence-electron chi connectivity index (χ4n) is 1.99. The first-order valence-corrected chi connectivity index (χ1v) is 7.79. The minimum absolute atomic E-state index is 0.425.